The van der Waals surface area contributed by atoms with Crippen LogP contribution in [0.1, 0.15) is 26.5 Å². The first-order valence-electron chi connectivity index (χ1n) is 7.94. The molecule has 0 saturated carbocycles. The zero-order valence-corrected chi connectivity index (χ0v) is 15.5. The second-order valence-electron chi connectivity index (χ2n) is 6.31. The van der Waals surface area contributed by atoms with Gasteiger partial charge in [-0.15, -0.1) is 11.3 Å². The molecule has 132 valence electrons. The Morgan fingerprint density at radius 3 is 2.76 bits per heavy atom. The van der Waals surface area contributed by atoms with E-state index in [1.807, 2.05) is 6.07 Å². The number of nitrogens with one attached hydrogen (secondary N) is 1. The molecule has 0 saturated heterocycles. The van der Waals surface area contributed by atoms with Gasteiger partial charge in [0.1, 0.15) is 5.82 Å². The lowest BCUT2D eigenvalue weighted by atomic mass is 9.87. The van der Waals surface area contributed by atoms with E-state index in [2.05, 4.69) is 5.32 Å². The Kier molecular flexibility index (Phi) is 5.11. The number of amides is 2. The summed E-state index contributed by atoms with van der Waals surface area (Å²) in [6.07, 6.45) is 2.00. The van der Waals surface area contributed by atoms with E-state index >= 15 is 0 Å². The topological polar surface area (TPSA) is 49.4 Å². The van der Waals surface area contributed by atoms with Gasteiger partial charge < -0.3 is 10.2 Å². The molecule has 25 heavy (non-hydrogen) atoms. The molecule has 7 heteroatoms. The molecular formula is C18H18ClFN2O2S. The molecule has 0 bridgehead atoms. The Morgan fingerprint density at radius 1 is 1.32 bits per heavy atom. The van der Waals surface area contributed by atoms with Crippen LogP contribution in [-0.2, 0) is 17.6 Å². The molecule has 4 nitrogen and oxygen atoms in total. The number of thiophene rings is 1. The minimum absolute atomic E-state index is 0.0244. The van der Waals surface area contributed by atoms with Crippen molar-refractivity contribution in [3.05, 3.63) is 50.4 Å². The number of carbonyl (C=O) groups is 2. The van der Waals surface area contributed by atoms with Gasteiger partial charge in [-0.05, 0) is 49.1 Å². The van der Waals surface area contributed by atoms with E-state index in [0.717, 1.165) is 16.9 Å². The van der Waals surface area contributed by atoms with Crippen LogP contribution in [0.3, 0.4) is 0 Å². The lowest BCUT2D eigenvalue weighted by molar-refractivity contribution is -0.120. The number of nitrogens with zero attached hydrogens (tertiary/aromatic N) is 1. The van der Waals surface area contributed by atoms with Gasteiger partial charge in [-0.2, -0.15) is 0 Å². The molecule has 1 aliphatic rings. The minimum atomic E-state index is -0.549. The summed E-state index contributed by atoms with van der Waals surface area (Å²) in [5.74, 6) is -1.02. The summed E-state index contributed by atoms with van der Waals surface area (Å²) < 4.78 is 13.8. The van der Waals surface area contributed by atoms with Crippen LogP contribution in [0.25, 0.3) is 0 Å². The first kappa shape index (κ1) is 17.9. The molecule has 0 radical (unpaired) electrons. The third-order valence-electron chi connectivity index (χ3n) is 4.26. The van der Waals surface area contributed by atoms with Crippen LogP contribution in [0, 0.1) is 11.7 Å². The predicted octanol–water partition coefficient (Wildman–Crippen LogP) is 3.99. The molecule has 0 unspecified atom stereocenters. The highest BCUT2D eigenvalue weighted by Gasteiger charge is 2.28. The molecule has 2 aromatic rings. The van der Waals surface area contributed by atoms with Crippen LogP contribution in [0.4, 0.5) is 10.1 Å². The van der Waals surface area contributed by atoms with Gasteiger partial charge in [0, 0.05) is 29.9 Å². The quantitative estimate of drug-likeness (QED) is 0.875. The van der Waals surface area contributed by atoms with Gasteiger partial charge >= 0.3 is 0 Å². The summed E-state index contributed by atoms with van der Waals surface area (Å²) in [4.78, 5) is 28.0. The van der Waals surface area contributed by atoms with Crippen molar-refractivity contribution in [1.29, 1.82) is 0 Å². The van der Waals surface area contributed by atoms with Gasteiger partial charge in [-0.1, -0.05) is 11.6 Å². The molecule has 1 heterocycles. The summed E-state index contributed by atoms with van der Waals surface area (Å²) in [5.41, 5.74) is 1.17. The van der Waals surface area contributed by atoms with E-state index in [-0.39, 0.29) is 28.4 Å². The summed E-state index contributed by atoms with van der Waals surface area (Å²) in [6, 6.07) is 6.05. The Hall–Kier alpha value is -1.92. The van der Waals surface area contributed by atoms with Gasteiger partial charge in [0.15, 0.2) is 0 Å². The minimum Gasteiger partial charge on any atom is -0.344 e. The lowest BCUT2D eigenvalue weighted by Crippen LogP contribution is -2.27. The molecule has 3 rings (SSSR count). The van der Waals surface area contributed by atoms with Crippen LogP contribution in [0.2, 0.25) is 5.02 Å². The normalized spacial score (nSPS) is 16.2. The fourth-order valence-corrected chi connectivity index (χ4v) is 4.29. The Morgan fingerprint density at radius 2 is 2.08 bits per heavy atom. The largest absolute Gasteiger partial charge is 0.344 e. The Bertz CT molecular complexity index is 834. The highest BCUT2D eigenvalue weighted by Crippen LogP contribution is 2.33. The van der Waals surface area contributed by atoms with E-state index in [9.17, 15) is 14.0 Å². The molecular weight excluding hydrogens is 363 g/mol. The highest BCUT2D eigenvalue weighted by atomic mass is 35.5. The lowest BCUT2D eigenvalue weighted by Gasteiger charge is -2.21. The average molecular weight is 381 g/mol. The van der Waals surface area contributed by atoms with E-state index in [1.54, 1.807) is 19.0 Å². The van der Waals surface area contributed by atoms with Crippen LogP contribution in [-0.4, -0.2) is 30.8 Å². The number of benzene rings is 1. The number of anilines is 1. The van der Waals surface area contributed by atoms with E-state index in [4.69, 9.17) is 11.6 Å². The van der Waals surface area contributed by atoms with Crippen LogP contribution in [0.5, 0.6) is 0 Å². The number of fused-ring (bicyclic) bond motifs is 1. The summed E-state index contributed by atoms with van der Waals surface area (Å²) >= 11 is 7.22. The molecule has 0 aliphatic heterocycles. The number of halogens is 2. The standard InChI is InChI=1S/C18H18ClFN2O2S/c1-22(2)18(24)16-8-11-7-10(3-6-15(11)25-16)17(23)21-14-5-4-12(19)9-13(14)20/h4-5,8-10H,3,6-7H2,1-2H3,(H,21,23)/t10-/m0/s1. The van der Waals surface area contributed by atoms with Crippen LogP contribution < -0.4 is 5.32 Å². The molecule has 0 spiro atoms. The second-order valence-corrected chi connectivity index (χ2v) is 7.88. The Balaban J connectivity index is 1.71. The number of hydrogen-bond acceptors (Lipinski definition) is 3. The molecule has 1 aromatic heterocycles. The molecule has 1 N–H and O–H groups in total. The van der Waals surface area contributed by atoms with Gasteiger partial charge in [0.25, 0.3) is 5.91 Å². The summed E-state index contributed by atoms with van der Waals surface area (Å²) in [5, 5.41) is 2.93. The van der Waals surface area contributed by atoms with E-state index < -0.39 is 5.82 Å². The maximum absolute atomic E-state index is 13.8. The van der Waals surface area contributed by atoms with E-state index in [1.165, 1.54) is 29.5 Å². The molecule has 0 fully saturated rings. The van der Waals surface area contributed by atoms with Crippen molar-refractivity contribution in [2.45, 2.75) is 19.3 Å². The highest BCUT2D eigenvalue weighted by molar-refractivity contribution is 7.14. The third-order valence-corrected chi connectivity index (χ3v) is 5.72. The number of aryl methyl sites for hydroxylation is 1. The van der Waals surface area contributed by atoms with Gasteiger partial charge in [-0.25, -0.2) is 4.39 Å². The van der Waals surface area contributed by atoms with Crippen molar-refractivity contribution in [3.8, 4) is 0 Å². The SMILES string of the molecule is CN(C)C(=O)c1cc2c(s1)CC[C@H](C(=O)Nc1ccc(Cl)cc1F)C2. The molecule has 1 aliphatic carbocycles. The third kappa shape index (κ3) is 3.85. The fourth-order valence-electron chi connectivity index (χ4n) is 2.90. The smallest absolute Gasteiger partial charge is 0.263 e. The maximum atomic E-state index is 13.8. The number of hydrogen-bond donors (Lipinski definition) is 1. The Labute approximate surface area is 154 Å². The summed E-state index contributed by atoms with van der Waals surface area (Å²) in [7, 11) is 3.44. The fraction of sp³-hybridized carbons (Fsp3) is 0.333. The van der Waals surface area contributed by atoms with Crippen molar-refractivity contribution in [3.63, 3.8) is 0 Å². The van der Waals surface area contributed by atoms with Crippen molar-refractivity contribution in [2.75, 3.05) is 19.4 Å². The average Bonchev–Trinajstić information content (AvgIpc) is 2.99. The number of rotatable bonds is 3. The molecule has 1 aromatic carbocycles. The zero-order chi connectivity index (χ0) is 18.1. The maximum Gasteiger partial charge on any atom is 0.263 e. The van der Waals surface area contributed by atoms with Gasteiger partial charge in [-0.3, -0.25) is 9.59 Å². The second kappa shape index (κ2) is 7.14. The van der Waals surface area contributed by atoms with Crippen LogP contribution in [0.15, 0.2) is 24.3 Å². The van der Waals surface area contributed by atoms with Crippen molar-refractivity contribution in [1.82, 2.24) is 4.90 Å². The van der Waals surface area contributed by atoms with Gasteiger partial charge in [0.05, 0.1) is 10.6 Å². The van der Waals surface area contributed by atoms with Crippen molar-refractivity contribution >= 4 is 40.4 Å². The monoisotopic (exact) mass is 380 g/mol. The summed E-state index contributed by atoms with van der Waals surface area (Å²) in [6.45, 7) is 0. The van der Waals surface area contributed by atoms with Crippen molar-refractivity contribution in [2.24, 2.45) is 5.92 Å². The van der Waals surface area contributed by atoms with Crippen LogP contribution >= 0.6 is 22.9 Å². The first-order valence-corrected chi connectivity index (χ1v) is 9.13. The molecule has 2 amide bonds. The zero-order valence-electron chi connectivity index (χ0n) is 13.9. The number of carbonyl (C=O) groups excluding carboxylic acids is 2. The predicted molar refractivity (Wildman–Crippen MR) is 97.9 cm³/mol. The van der Waals surface area contributed by atoms with E-state index in [0.29, 0.717) is 17.7 Å². The van der Waals surface area contributed by atoms with Gasteiger partial charge in [0.2, 0.25) is 5.91 Å². The van der Waals surface area contributed by atoms with Crippen molar-refractivity contribution < 1.29 is 14.0 Å². The molecule has 1 atom stereocenters. The first-order chi connectivity index (χ1) is 11.8.